The third kappa shape index (κ3) is 3.13. The van der Waals surface area contributed by atoms with Crippen molar-refractivity contribution in [3.63, 3.8) is 0 Å². The molecule has 0 spiro atoms. The molecule has 1 aromatic carbocycles. The van der Waals surface area contributed by atoms with Crippen LogP contribution in [0.25, 0.3) is 0 Å². The molecule has 2 unspecified atom stereocenters. The molecule has 4 aliphatic rings. The zero-order valence-corrected chi connectivity index (χ0v) is 16.1. The molecule has 0 heterocycles. The molecule has 140 valence electrons. The fourth-order valence-corrected chi connectivity index (χ4v) is 6.49. The normalized spacial score (nSPS) is 34.5. The number of carbonyl (C=O) groups is 2. The van der Waals surface area contributed by atoms with Gasteiger partial charge in [0.2, 0.25) is 5.91 Å². The van der Waals surface area contributed by atoms with Crippen LogP contribution in [-0.2, 0) is 4.79 Å². The van der Waals surface area contributed by atoms with Crippen LogP contribution in [0.2, 0.25) is 0 Å². The number of alkyl halides is 1. The first-order valence-corrected chi connectivity index (χ1v) is 10.2. The first kappa shape index (κ1) is 17.8. The van der Waals surface area contributed by atoms with E-state index in [1.807, 2.05) is 25.1 Å². The number of nitrogens with one attached hydrogen (secondary N) is 2. The Kier molecular flexibility index (Phi) is 4.50. The van der Waals surface area contributed by atoms with Crippen molar-refractivity contribution in [3.8, 4) is 0 Å². The van der Waals surface area contributed by atoms with E-state index in [0.29, 0.717) is 29.6 Å². The van der Waals surface area contributed by atoms with Crippen molar-refractivity contribution in [1.29, 1.82) is 0 Å². The Hall–Kier alpha value is -1.55. The summed E-state index contributed by atoms with van der Waals surface area (Å²) in [5.41, 5.74) is 0.767. The minimum absolute atomic E-state index is 0.0485. The van der Waals surface area contributed by atoms with E-state index in [0.717, 1.165) is 38.5 Å². The monoisotopic (exact) mass is 374 g/mol. The number of rotatable bonds is 5. The standard InChI is InChI=1S/C21H27ClN2O2/c1-2-7-23-18(25)16-5-3-4-6-17(16)24-19(26)20-9-14-8-15(10-20)12-21(22,11-14)13-20/h3-6,14-15H,2,7-13H2,1H3,(H,23,25)(H,24,26). The molecule has 26 heavy (non-hydrogen) atoms. The third-order valence-corrected chi connectivity index (χ3v) is 6.87. The van der Waals surface area contributed by atoms with Gasteiger partial charge in [0.15, 0.2) is 0 Å². The molecule has 2 amide bonds. The van der Waals surface area contributed by atoms with Gasteiger partial charge in [0.25, 0.3) is 5.91 Å². The summed E-state index contributed by atoms with van der Waals surface area (Å²) in [6, 6.07) is 7.27. The molecule has 5 rings (SSSR count). The van der Waals surface area contributed by atoms with Gasteiger partial charge in [-0.15, -0.1) is 11.6 Å². The maximum atomic E-state index is 13.3. The molecule has 4 fully saturated rings. The second-order valence-corrected chi connectivity index (χ2v) is 9.45. The van der Waals surface area contributed by atoms with Crippen LogP contribution >= 0.6 is 11.6 Å². The van der Waals surface area contributed by atoms with Gasteiger partial charge in [0, 0.05) is 11.4 Å². The molecule has 0 saturated heterocycles. The van der Waals surface area contributed by atoms with Gasteiger partial charge in [-0.05, 0) is 68.9 Å². The minimum Gasteiger partial charge on any atom is -0.352 e. The number of benzene rings is 1. The largest absolute Gasteiger partial charge is 0.352 e. The summed E-state index contributed by atoms with van der Waals surface area (Å²) in [4.78, 5) is 25.5. The first-order chi connectivity index (χ1) is 12.4. The highest BCUT2D eigenvalue weighted by molar-refractivity contribution is 6.24. The number of anilines is 1. The fraction of sp³-hybridized carbons (Fsp3) is 0.619. The highest BCUT2D eigenvalue weighted by Gasteiger charge is 2.60. The maximum absolute atomic E-state index is 13.3. The summed E-state index contributed by atoms with van der Waals surface area (Å²) in [5.74, 6) is 1.06. The molecule has 0 radical (unpaired) electrons. The van der Waals surface area contributed by atoms with Crippen LogP contribution < -0.4 is 10.6 Å². The van der Waals surface area contributed by atoms with Gasteiger partial charge in [-0.3, -0.25) is 9.59 Å². The topological polar surface area (TPSA) is 58.2 Å². The number of hydrogen-bond donors (Lipinski definition) is 2. The first-order valence-electron chi connectivity index (χ1n) is 9.81. The second-order valence-electron chi connectivity index (χ2n) is 8.65. The van der Waals surface area contributed by atoms with Gasteiger partial charge < -0.3 is 10.6 Å². The van der Waals surface area contributed by atoms with E-state index >= 15 is 0 Å². The van der Waals surface area contributed by atoms with Crippen LogP contribution in [0.4, 0.5) is 5.69 Å². The summed E-state index contributed by atoms with van der Waals surface area (Å²) in [6.45, 7) is 2.65. The Bertz CT molecular complexity index is 718. The lowest BCUT2D eigenvalue weighted by molar-refractivity contribution is -0.138. The van der Waals surface area contributed by atoms with E-state index in [4.69, 9.17) is 11.6 Å². The van der Waals surface area contributed by atoms with Gasteiger partial charge in [-0.25, -0.2) is 0 Å². The Labute approximate surface area is 160 Å². The Morgan fingerprint density at radius 2 is 1.85 bits per heavy atom. The zero-order valence-electron chi connectivity index (χ0n) is 15.3. The van der Waals surface area contributed by atoms with Crippen molar-refractivity contribution in [2.24, 2.45) is 17.3 Å². The predicted molar refractivity (Wildman–Crippen MR) is 103 cm³/mol. The Morgan fingerprint density at radius 1 is 1.15 bits per heavy atom. The highest BCUT2D eigenvalue weighted by Crippen LogP contribution is 2.64. The van der Waals surface area contributed by atoms with Crippen LogP contribution in [0.5, 0.6) is 0 Å². The Balaban J connectivity index is 1.55. The molecular weight excluding hydrogens is 348 g/mol. The number of para-hydroxylation sites is 1. The third-order valence-electron chi connectivity index (χ3n) is 6.43. The number of carbonyl (C=O) groups excluding carboxylic acids is 2. The van der Waals surface area contributed by atoms with Crippen LogP contribution in [0, 0.1) is 17.3 Å². The van der Waals surface area contributed by atoms with Crippen molar-refractivity contribution in [1.82, 2.24) is 5.32 Å². The van der Waals surface area contributed by atoms with E-state index in [1.54, 1.807) is 6.07 Å². The van der Waals surface area contributed by atoms with E-state index in [1.165, 1.54) is 6.42 Å². The maximum Gasteiger partial charge on any atom is 0.253 e. The zero-order chi connectivity index (χ0) is 18.4. The average Bonchev–Trinajstić information content (AvgIpc) is 2.58. The van der Waals surface area contributed by atoms with Gasteiger partial charge >= 0.3 is 0 Å². The molecular formula is C21H27ClN2O2. The summed E-state index contributed by atoms with van der Waals surface area (Å²) < 4.78 is 0. The molecule has 5 heteroatoms. The summed E-state index contributed by atoms with van der Waals surface area (Å²) in [6.07, 6.45) is 6.85. The fourth-order valence-electron chi connectivity index (χ4n) is 5.80. The molecule has 4 nitrogen and oxygen atoms in total. The number of amides is 2. The lowest BCUT2D eigenvalue weighted by atomic mass is 9.49. The molecule has 4 saturated carbocycles. The summed E-state index contributed by atoms with van der Waals surface area (Å²) in [5, 5.41) is 5.98. The smallest absolute Gasteiger partial charge is 0.253 e. The molecule has 0 aromatic heterocycles. The number of hydrogen-bond acceptors (Lipinski definition) is 2. The summed E-state index contributed by atoms with van der Waals surface area (Å²) >= 11 is 6.86. The minimum atomic E-state index is -0.362. The molecule has 1 aromatic rings. The van der Waals surface area contributed by atoms with Gasteiger partial charge in [0.05, 0.1) is 16.7 Å². The van der Waals surface area contributed by atoms with E-state index in [2.05, 4.69) is 10.6 Å². The SMILES string of the molecule is CCCNC(=O)c1ccccc1NC(=O)C12CC3CC(CC(Cl)(C3)C1)C2. The van der Waals surface area contributed by atoms with Crippen molar-refractivity contribution < 1.29 is 9.59 Å². The van der Waals surface area contributed by atoms with Gasteiger partial charge in [-0.2, -0.15) is 0 Å². The lowest BCUT2D eigenvalue weighted by Crippen LogP contribution is -2.57. The van der Waals surface area contributed by atoms with Gasteiger partial charge in [0.1, 0.15) is 0 Å². The molecule has 2 N–H and O–H groups in total. The van der Waals surface area contributed by atoms with Crippen LogP contribution in [0.15, 0.2) is 24.3 Å². The van der Waals surface area contributed by atoms with Crippen LogP contribution in [0.3, 0.4) is 0 Å². The van der Waals surface area contributed by atoms with Crippen molar-refractivity contribution in [2.75, 3.05) is 11.9 Å². The second kappa shape index (κ2) is 6.56. The predicted octanol–water partition coefficient (Wildman–Crippen LogP) is 4.34. The summed E-state index contributed by atoms with van der Waals surface area (Å²) in [7, 11) is 0. The molecule has 0 aliphatic heterocycles. The number of halogens is 1. The lowest BCUT2D eigenvalue weighted by Gasteiger charge is -2.59. The molecule has 4 aliphatic carbocycles. The van der Waals surface area contributed by atoms with Crippen molar-refractivity contribution in [3.05, 3.63) is 29.8 Å². The highest BCUT2D eigenvalue weighted by atomic mass is 35.5. The van der Waals surface area contributed by atoms with Crippen LogP contribution in [0.1, 0.15) is 62.2 Å². The molecule has 4 bridgehead atoms. The quantitative estimate of drug-likeness (QED) is 0.753. The van der Waals surface area contributed by atoms with E-state index < -0.39 is 0 Å². The van der Waals surface area contributed by atoms with E-state index in [9.17, 15) is 9.59 Å². The van der Waals surface area contributed by atoms with Crippen molar-refractivity contribution in [2.45, 2.75) is 56.7 Å². The average molecular weight is 375 g/mol. The van der Waals surface area contributed by atoms with Crippen LogP contribution in [-0.4, -0.2) is 23.2 Å². The van der Waals surface area contributed by atoms with Crippen molar-refractivity contribution >= 4 is 29.1 Å². The Morgan fingerprint density at radius 3 is 2.50 bits per heavy atom. The molecule has 2 atom stereocenters. The van der Waals surface area contributed by atoms with Gasteiger partial charge in [-0.1, -0.05) is 19.1 Å². The van der Waals surface area contributed by atoms with E-state index in [-0.39, 0.29) is 22.1 Å².